The zero-order chi connectivity index (χ0) is 18.5. The van der Waals surface area contributed by atoms with E-state index in [4.69, 9.17) is 0 Å². The molecule has 0 saturated carbocycles. The summed E-state index contributed by atoms with van der Waals surface area (Å²) >= 11 is 8.95. The van der Waals surface area contributed by atoms with Crippen molar-refractivity contribution < 1.29 is 19.8 Å². The van der Waals surface area contributed by atoms with Gasteiger partial charge >= 0.3 is 11.9 Å². The first-order chi connectivity index (χ1) is 11.3. The highest BCUT2D eigenvalue weighted by molar-refractivity contribution is 7.81. The summed E-state index contributed by atoms with van der Waals surface area (Å²) in [6.07, 6.45) is 7.75. The fraction of sp³-hybridized carbons (Fsp3) is 0.778. The molecule has 0 aliphatic carbocycles. The predicted molar refractivity (Wildman–Crippen MR) is 105 cm³/mol. The Morgan fingerprint density at radius 1 is 0.750 bits per heavy atom. The Kier molecular flexibility index (Phi) is 13.3. The maximum absolute atomic E-state index is 11.5. The molecule has 0 rings (SSSR count). The summed E-state index contributed by atoms with van der Waals surface area (Å²) in [6.45, 7) is 4.19. The quantitative estimate of drug-likeness (QED) is 0.254. The van der Waals surface area contributed by atoms with Gasteiger partial charge in [0.2, 0.25) is 0 Å². The predicted octanol–water partition coefficient (Wildman–Crippen LogP) is 4.99. The molecule has 2 N–H and O–H groups in total. The Labute approximate surface area is 156 Å². The summed E-state index contributed by atoms with van der Waals surface area (Å²) in [5.74, 6) is -2.26. The van der Waals surface area contributed by atoms with E-state index in [1.165, 1.54) is 0 Å². The Morgan fingerprint density at radius 3 is 1.33 bits per heavy atom. The molecule has 0 spiro atoms. The van der Waals surface area contributed by atoms with Gasteiger partial charge in [-0.25, -0.2) is 9.59 Å². The number of hydrogen-bond donors (Lipinski definition) is 4. The van der Waals surface area contributed by atoms with Crippen molar-refractivity contribution in [2.24, 2.45) is 0 Å². The van der Waals surface area contributed by atoms with Crippen molar-refractivity contribution in [1.82, 2.24) is 0 Å². The van der Waals surface area contributed by atoms with Gasteiger partial charge in [0.25, 0.3) is 0 Å². The number of carboxylic acids is 2. The molecule has 0 bridgehead atoms. The molecule has 6 heteroatoms. The molecule has 0 amide bonds. The van der Waals surface area contributed by atoms with Crippen molar-refractivity contribution in [2.75, 3.05) is 0 Å². The smallest absolute Gasteiger partial charge is 0.332 e. The van der Waals surface area contributed by atoms with Gasteiger partial charge in [-0.1, -0.05) is 39.5 Å². The summed E-state index contributed by atoms with van der Waals surface area (Å²) in [7, 11) is 0. The van der Waals surface area contributed by atoms with Gasteiger partial charge in [-0.05, 0) is 38.5 Å². The minimum atomic E-state index is -1.13. The van der Waals surface area contributed by atoms with Gasteiger partial charge in [0.05, 0.1) is 0 Å². The van der Waals surface area contributed by atoms with Gasteiger partial charge < -0.3 is 10.2 Å². The third-order valence-corrected chi connectivity index (χ3v) is 5.15. The molecule has 0 aliphatic heterocycles. The van der Waals surface area contributed by atoms with E-state index in [-0.39, 0.29) is 34.5 Å². The van der Waals surface area contributed by atoms with Crippen molar-refractivity contribution >= 4 is 37.2 Å². The van der Waals surface area contributed by atoms with Gasteiger partial charge in [-0.15, -0.1) is 0 Å². The van der Waals surface area contributed by atoms with E-state index < -0.39 is 11.9 Å². The van der Waals surface area contributed by atoms with Crippen LogP contribution in [0.3, 0.4) is 0 Å². The van der Waals surface area contributed by atoms with Crippen molar-refractivity contribution in [2.45, 2.75) is 88.6 Å². The lowest BCUT2D eigenvalue weighted by Gasteiger charge is -2.14. The molecule has 24 heavy (non-hydrogen) atoms. The standard InChI is InChI=1S/C18H32O4S2/c1-3-5-7-13(23)9-11-15(17(19)20)16(18(21)22)12-10-14(24)8-6-4-2/h13-14,23-24H,3-12H2,1-2H3,(H,19,20)(H,21,22)/b16-15-. The fourth-order valence-electron chi connectivity index (χ4n) is 2.56. The van der Waals surface area contributed by atoms with E-state index in [2.05, 4.69) is 39.1 Å². The molecule has 0 heterocycles. The van der Waals surface area contributed by atoms with Gasteiger partial charge in [0.15, 0.2) is 0 Å². The minimum Gasteiger partial charge on any atom is -0.478 e. The maximum Gasteiger partial charge on any atom is 0.332 e. The normalized spacial score (nSPS) is 14.8. The van der Waals surface area contributed by atoms with Crippen molar-refractivity contribution in [3.05, 3.63) is 11.1 Å². The number of carboxylic acid groups (broad SMARTS) is 2. The molecule has 0 aromatic rings. The first kappa shape index (κ1) is 23.4. The highest BCUT2D eigenvalue weighted by Crippen LogP contribution is 2.24. The maximum atomic E-state index is 11.5. The van der Waals surface area contributed by atoms with Crippen molar-refractivity contribution in [3.63, 3.8) is 0 Å². The first-order valence-corrected chi connectivity index (χ1v) is 9.91. The second-order valence-corrected chi connectivity index (χ2v) is 7.70. The average molecular weight is 377 g/mol. The summed E-state index contributed by atoms with van der Waals surface area (Å²) in [4.78, 5) is 23.0. The van der Waals surface area contributed by atoms with E-state index in [1.807, 2.05) is 0 Å². The number of aliphatic carboxylic acids is 2. The van der Waals surface area contributed by atoms with Crippen LogP contribution in [0.15, 0.2) is 11.1 Å². The SMILES string of the molecule is CCCCC(S)CC/C(C(=O)O)=C(\CCC(S)CCCC)C(=O)O. The Morgan fingerprint density at radius 2 is 1.08 bits per heavy atom. The third-order valence-electron chi connectivity index (χ3n) is 4.12. The Bertz CT molecular complexity index is 383. The van der Waals surface area contributed by atoms with Crippen LogP contribution in [0.4, 0.5) is 0 Å². The largest absolute Gasteiger partial charge is 0.478 e. The third kappa shape index (κ3) is 10.3. The van der Waals surface area contributed by atoms with E-state index in [0.717, 1.165) is 38.5 Å². The average Bonchev–Trinajstić information content (AvgIpc) is 2.52. The highest BCUT2D eigenvalue weighted by Gasteiger charge is 2.21. The van der Waals surface area contributed by atoms with Gasteiger partial charge in [0.1, 0.15) is 0 Å². The highest BCUT2D eigenvalue weighted by atomic mass is 32.1. The van der Waals surface area contributed by atoms with Crippen LogP contribution in [0.25, 0.3) is 0 Å². The lowest BCUT2D eigenvalue weighted by atomic mass is 9.96. The number of rotatable bonds is 14. The van der Waals surface area contributed by atoms with Crippen molar-refractivity contribution in [3.8, 4) is 0 Å². The molecule has 2 atom stereocenters. The molecule has 2 unspecified atom stereocenters. The van der Waals surface area contributed by atoms with Crippen LogP contribution in [-0.4, -0.2) is 32.7 Å². The second-order valence-electron chi connectivity index (χ2n) is 6.24. The van der Waals surface area contributed by atoms with E-state index in [9.17, 15) is 19.8 Å². The van der Waals surface area contributed by atoms with Crippen LogP contribution in [0.5, 0.6) is 0 Å². The lowest BCUT2D eigenvalue weighted by molar-refractivity contribution is -0.136. The van der Waals surface area contributed by atoms with Gasteiger partial charge in [-0.2, -0.15) is 25.3 Å². The molecule has 0 saturated heterocycles. The van der Waals surface area contributed by atoms with Crippen LogP contribution in [-0.2, 0) is 9.59 Å². The summed E-state index contributed by atoms with van der Waals surface area (Å²) < 4.78 is 0. The van der Waals surface area contributed by atoms with Crippen molar-refractivity contribution in [1.29, 1.82) is 0 Å². The molecule has 4 nitrogen and oxygen atoms in total. The van der Waals surface area contributed by atoms with Gasteiger partial charge in [0, 0.05) is 21.6 Å². The Hall–Kier alpha value is -0.620. The topological polar surface area (TPSA) is 74.6 Å². The number of hydrogen-bond acceptors (Lipinski definition) is 4. The molecule has 0 aromatic carbocycles. The van der Waals surface area contributed by atoms with Gasteiger partial charge in [-0.3, -0.25) is 0 Å². The number of thiol groups is 2. The fourth-order valence-corrected chi connectivity index (χ4v) is 3.19. The first-order valence-electron chi connectivity index (χ1n) is 8.88. The molecule has 0 radical (unpaired) electrons. The number of unbranched alkanes of at least 4 members (excludes halogenated alkanes) is 2. The Balaban J connectivity index is 4.89. The van der Waals surface area contributed by atoms with E-state index >= 15 is 0 Å². The number of carbonyl (C=O) groups is 2. The zero-order valence-electron chi connectivity index (χ0n) is 14.8. The molecule has 140 valence electrons. The molecular weight excluding hydrogens is 344 g/mol. The summed E-state index contributed by atoms with van der Waals surface area (Å²) in [5.41, 5.74) is 0.0446. The van der Waals surface area contributed by atoms with E-state index in [0.29, 0.717) is 12.8 Å². The van der Waals surface area contributed by atoms with Crippen LogP contribution in [0.2, 0.25) is 0 Å². The zero-order valence-corrected chi connectivity index (χ0v) is 16.6. The van der Waals surface area contributed by atoms with Crippen LogP contribution in [0, 0.1) is 0 Å². The second kappa shape index (κ2) is 13.6. The van der Waals surface area contributed by atoms with E-state index in [1.54, 1.807) is 0 Å². The summed E-state index contributed by atoms with van der Waals surface area (Å²) in [6, 6.07) is 0. The minimum absolute atomic E-state index is 0.0223. The monoisotopic (exact) mass is 376 g/mol. The molecule has 0 aliphatic rings. The molecule has 0 fully saturated rings. The molecule has 0 aromatic heterocycles. The van der Waals surface area contributed by atoms with Crippen LogP contribution in [0.1, 0.15) is 78.1 Å². The van der Waals surface area contributed by atoms with Crippen LogP contribution >= 0.6 is 25.3 Å². The lowest BCUT2D eigenvalue weighted by Crippen LogP contribution is -2.14. The van der Waals surface area contributed by atoms with Crippen LogP contribution < -0.4 is 0 Å². The molecular formula is C18H32O4S2. The summed E-state index contributed by atoms with van der Waals surface area (Å²) in [5, 5.41) is 19.1.